The van der Waals surface area contributed by atoms with Crippen LogP contribution in [-0.4, -0.2) is 81.4 Å². The highest BCUT2D eigenvalue weighted by Gasteiger charge is 2.50. The van der Waals surface area contributed by atoms with Gasteiger partial charge in [-0.15, -0.1) is 0 Å². The van der Waals surface area contributed by atoms with Crippen molar-refractivity contribution in [2.75, 3.05) is 19.6 Å². The van der Waals surface area contributed by atoms with Crippen LogP contribution < -0.4 is 5.73 Å². The zero-order valence-electron chi connectivity index (χ0n) is 23.3. The van der Waals surface area contributed by atoms with Gasteiger partial charge in [-0.25, -0.2) is 9.59 Å². The first-order valence-corrected chi connectivity index (χ1v) is 14.3. The molecule has 4 atom stereocenters. The van der Waals surface area contributed by atoms with Crippen molar-refractivity contribution in [3.05, 3.63) is 34.9 Å². The van der Waals surface area contributed by atoms with Crippen LogP contribution in [-0.2, 0) is 14.4 Å². The van der Waals surface area contributed by atoms with Gasteiger partial charge >= 0.3 is 12.0 Å². The number of likely N-dealkylation sites (tertiary alicyclic amines) is 2. The maximum atomic E-state index is 14.1. The lowest BCUT2D eigenvalue weighted by Gasteiger charge is -2.42. The highest BCUT2D eigenvalue weighted by molar-refractivity contribution is 6.30. The van der Waals surface area contributed by atoms with Crippen molar-refractivity contribution < 1.29 is 24.3 Å². The zero-order chi connectivity index (χ0) is 28.6. The van der Waals surface area contributed by atoms with E-state index in [0.29, 0.717) is 10.9 Å². The van der Waals surface area contributed by atoms with Crippen molar-refractivity contribution in [1.82, 2.24) is 14.7 Å². The molecule has 2 aliphatic heterocycles. The molecule has 39 heavy (non-hydrogen) atoms. The van der Waals surface area contributed by atoms with E-state index in [4.69, 9.17) is 17.3 Å². The Balaban J connectivity index is 1.63. The second-order valence-corrected chi connectivity index (χ2v) is 13.1. The number of aliphatic carboxylic acids is 1. The molecule has 2 saturated heterocycles. The Kier molecular flexibility index (Phi) is 8.50. The Morgan fingerprint density at radius 1 is 0.974 bits per heavy atom. The summed E-state index contributed by atoms with van der Waals surface area (Å²) >= 11 is 6.07. The van der Waals surface area contributed by atoms with E-state index < -0.39 is 29.4 Å². The minimum atomic E-state index is -1.08. The van der Waals surface area contributed by atoms with Gasteiger partial charge in [0.05, 0.1) is 12.0 Å². The van der Waals surface area contributed by atoms with Crippen LogP contribution in [0.2, 0.25) is 5.02 Å². The minimum absolute atomic E-state index is 0.00898. The molecule has 1 aliphatic carbocycles. The lowest BCUT2D eigenvalue weighted by Crippen LogP contribution is -2.53. The maximum Gasteiger partial charge on any atom is 0.326 e. The second kappa shape index (κ2) is 11.4. The van der Waals surface area contributed by atoms with Crippen LogP contribution in [0.15, 0.2) is 24.3 Å². The number of carboxylic acids is 1. The number of hydrogen-bond acceptors (Lipinski definition) is 4. The van der Waals surface area contributed by atoms with E-state index >= 15 is 0 Å². The fourth-order valence-corrected chi connectivity index (χ4v) is 6.65. The molecule has 0 unspecified atom stereocenters. The summed E-state index contributed by atoms with van der Waals surface area (Å²) in [5, 5.41) is 10.7. The Morgan fingerprint density at radius 2 is 1.59 bits per heavy atom. The first kappa shape index (κ1) is 29.2. The Bertz CT molecular complexity index is 1100. The van der Waals surface area contributed by atoms with Gasteiger partial charge in [0.1, 0.15) is 6.04 Å². The molecule has 1 aromatic carbocycles. The Morgan fingerprint density at radius 3 is 2.13 bits per heavy atom. The van der Waals surface area contributed by atoms with E-state index in [-0.39, 0.29) is 55.9 Å². The van der Waals surface area contributed by atoms with Gasteiger partial charge in [-0.3, -0.25) is 9.59 Å². The Labute approximate surface area is 235 Å². The number of rotatable bonds is 5. The van der Waals surface area contributed by atoms with Crippen LogP contribution in [0.25, 0.3) is 0 Å². The van der Waals surface area contributed by atoms with Gasteiger partial charge in [-0.2, -0.15) is 0 Å². The summed E-state index contributed by atoms with van der Waals surface area (Å²) in [6.07, 6.45) is 3.97. The van der Waals surface area contributed by atoms with Crippen molar-refractivity contribution in [1.29, 1.82) is 0 Å². The number of urea groups is 1. The second-order valence-electron chi connectivity index (χ2n) is 12.6. The predicted molar refractivity (Wildman–Crippen MR) is 148 cm³/mol. The number of nitrogens with two attached hydrogens (primary N) is 1. The van der Waals surface area contributed by atoms with E-state index in [9.17, 15) is 24.3 Å². The molecule has 214 valence electrons. The summed E-state index contributed by atoms with van der Waals surface area (Å²) in [4.78, 5) is 57.1. The van der Waals surface area contributed by atoms with Gasteiger partial charge < -0.3 is 25.5 Å². The molecule has 3 fully saturated rings. The highest BCUT2D eigenvalue weighted by Crippen LogP contribution is 2.39. The third-order valence-corrected chi connectivity index (χ3v) is 8.99. The average Bonchev–Trinajstić information content (AvgIpc) is 3.51. The molecule has 2 heterocycles. The molecule has 0 bridgehead atoms. The lowest BCUT2D eigenvalue weighted by molar-refractivity contribution is -0.149. The minimum Gasteiger partial charge on any atom is -0.480 e. The molecule has 10 heteroatoms. The summed E-state index contributed by atoms with van der Waals surface area (Å²) in [7, 11) is 0. The molecular formula is C29H41ClN4O5. The summed E-state index contributed by atoms with van der Waals surface area (Å²) in [5.41, 5.74) is 5.79. The molecular weight excluding hydrogens is 520 g/mol. The number of nitrogens with zero attached hydrogens (tertiary/aromatic N) is 3. The molecule has 0 radical (unpaired) electrons. The van der Waals surface area contributed by atoms with Crippen LogP contribution in [0.1, 0.15) is 71.3 Å². The number of carbonyl (C=O) groups excluding carboxylic acids is 3. The van der Waals surface area contributed by atoms with Gasteiger partial charge in [-0.1, -0.05) is 51.4 Å². The SMILES string of the molecule is CC1CCC(N(C(=O)C(C)(C)C)[C@H]2C[C@@H](C(=O)O)N(C(=O)[C@@H]3CN(C(N)=O)C[C@H]3c3ccc(Cl)cc3)C2)CC1. The lowest BCUT2D eigenvalue weighted by atomic mass is 9.84. The molecule has 0 aromatic heterocycles. The molecule has 3 N–H and O–H groups in total. The van der Waals surface area contributed by atoms with Gasteiger partial charge in [0.2, 0.25) is 11.8 Å². The summed E-state index contributed by atoms with van der Waals surface area (Å²) < 4.78 is 0. The number of benzene rings is 1. The fraction of sp³-hybridized carbons (Fsp3) is 0.655. The van der Waals surface area contributed by atoms with E-state index in [1.54, 1.807) is 12.1 Å². The molecule has 4 amide bonds. The van der Waals surface area contributed by atoms with Crippen LogP contribution >= 0.6 is 11.6 Å². The molecule has 1 saturated carbocycles. The molecule has 9 nitrogen and oxygen atoms in total. The Hall–Kier alpha value is -2.81. The average molecular weight is 561 g/mol. The van der Waals surface area contributed by atoms with Gasteiger partial charge in [0.25, 0.3) is 0 Å². The molecule has 3 aliphatic rings. The predicted octanol–water partition coefficient (Wildman–Crippen LogP) is 3.94. The van der Waals surface area contributed by atoms with Crippen molar-refractivity contribution in [3.63, 3.8) is 0 Å². The van der Waals surface area contributed by atoms with Crippen molar-refractivity contribution in [2.24, 2.45) is 23.0 Å². The smallest absolute Gasteiger partial charge is 0.326 e. The summed E-state index contributed by atoms with van der Waals surface area (Å²) in [6, 6.07) is 5.10. The van der Waals surface area contributed by atoms with Crippen LogP contribution in [0.3, 0.4) is 0 Å². The van der Waals surface area contributed by atoms with Crippen LogP contribution in [0, 0.1) is 17.3 Å². The van der Waals surface area contributed by atoms with Crippen molar-refractivity contribution in [2.45, 2.75) is 83.8 Å². The molecule has 0 spiro atoms. The van der Waals surface area contributed by atoms with E-state index in [1.807, 2.05) is 37.8 Å². The van der Waals surface area contributed by atoms with Gasteiger partial charge in [0, 0.05) is 48.5 Å². The van der Waals surface area contributed by atoms with Crippen LogP contribution in [0.4, 0.5) is 4.79 Å². The highest BCUT2D eigenvalue weighted by atomic mass is 35.5. The van der Waals surface area contributed by atoms with E-state index in [2.05, 4.69) is 6.92 Å². The number of amides is 4. The van der Waals surface area contributed by atoms with Gasteiger partial charge in [0.15, 0.2) is 0 Å². The van der Waals surface area contributed by atoms with Crippen molar-refractivity contribution in [3.8, 4) is 0 Å². The summed E-state index contributed by atoms with van der Waals surface area (Å²) in [5.74, 6) is -1.82. The maximum absolute atomic E-state index is 14.1. The standard InChI is InChI=1S/C29H41ClN4O5/c1-17-5-11-20(12-6-17)34(27(38)29(2,3)4)21-13-24(26(36)37)33(14-21)25(35)23-16-32(28(31)39)15-22(23)18-7-9-19(30)10-8-18/h7-10,17,20-24H,5-6,11-16H2,1-4H3,(H2,31,39)(H,36,37)/t17?,20?,21-,22-,23+,24-/m0/s1. The van der Waals surface area contributed by atoms with E-state index in [0.717, 1.165) is 31.2 Å². The van der Waals surface area contributed by atoms with E-state index in [1.165, 1.54) is 9.80 Å². The first-order chi connectivity index (χ1) is 18.3. The normalized spacial score (nSPS) is 29.4. The third-order valence-electron chi connectivity index (χ3n) is 8.74. The van der Waals surface area contributed by atoms with Gasteiger partial charge in [-0.05, 0) is 49.3 Å². The fourth-order valence-electron chi connectivity index (χ4n) is 6.53. The molecule has 4 rings (SSSR count). The number of hydrogen-bond donors (Lipinski definition) is 2. The number of primary amides is 1. The van der Waals surface area contributed by atoms with Crippen molar-refractivity contribution >= 4 is 35.4 Å². The quantitative estimate of drug-likeness (QED) is 0.564. The molecule has 1 aromatic rings. The zero-order valence-corrected chi connectivity index (χ0v) is 24.1. The van der Waals surface area contributed by atoms with Crippen LogP contribution in [0.5, 0.6) is 0 Å². The monoisotopic (exact) mass is 560 g/mol. The number of halogens is 1. The first-order valence-electron chi connectivity index (χ1n) is 13.9. The number of carboxylic acid groups (broad SMARTS) is 1. The third kappa shape index (κ3) is 6.18. The summed E-state index contributed by atoms with van der Waals surface area (Å²) in [6.45, 7) is 8.40. The largest absolute Gasteiger partial charge is 0.480 e. The number of carbonyl (C=O) groups is 4. The topological polar surface area (TPSA) is 124 Å².